The van der Waals surface area contributed by atoms with Crippen molar-refractivity contribution in [3.8, 4) is 0 Å². The maximum atomic E-state index is 12.0. The molecule has 1 aromatic rings. The van der Waals surface area contributed by atoms with E-state index in [1.54, 1.807) is 36.0 Å². The third kappa shape index (κ3) is 1.81. The first kappa shape index (κ1) is 10.1. The molecule has 0 bridgehead atoms. The maximum absolute atomic E-state index is 12.0. The molecule has 1 heterocycles. The highest BCUT2D eigenvalue weighted by Gasteiger charge is 2.30. The highest BCUT2D eigenvalue weighted by molar-refractivity contribution is 8.13. The summed E-state index contributed by atoms with van der Waals surface area (Å²) in [4.78, 5) is 0.458. The second-order valence-electron chi connectivity index (χ2n) is 3.30. The minimum Gasteiger partial charge on any atom is -0.223 e. The Bertz CT molecular complexity index is 391. The summed E-state index contributed by atoms with van der Waals surface area (Å²) in [5.41, 5.74) is 0. The van der Waals surface area contributed by atoms with Crippen LogP contribution in [0, 0.1) is 0 Å². The predicted molar refractivity (Wildman–Crippen MR) is 59.1 cm³/mol. The quantitative estimate of drug-likeness (QED) is 0.779. The van der Waals surface area contributed by atoms with Crippen molar-refractivity contribution < 1.29 is 8.42 Å². The number of rotatable bonds is 2. The van der Waals surface area contributed by atoms with Crippen molar-refractivity contribution >= 4 is 21.6 Å². The number of hydrogen-bond donors (Lipinski definition) is 0. The van der Waals surface area contributed by atoms with Crippen LogP contribution in [0.25, 0.3) is 0 Å². The molecule has 1 unspecified atom stereocenters. The first-order valence-electron chi connectivity index (χ1n) is 4.62. The fourth-order valence-corrected chi connectivity index (χ4v) is 5.14. The lowest BCUT2D eigenvalue weighted by molar-refractivity contribution is 0.591. The fourth-order valence-electron chi connectivity index (χ4n) is 1.55. The summed E-state index contributed by atoms with van der Waals surface area (Å²) in [5, 5.41) is 0. The summed E-state index contributed by atoms with van der Waals surface area (Å²) < 4.78 is 23.8. The van der Waals surface area contributed by atoms with Gasteiger partial charge in [-0.15, -0.1) is 11.8 Å². The molecule has 0 aromatic heterocycles. The summed E-state index contributed by atoms with van der Waals surface area (Å²) >= 11 is 1.56. The maximum Gasteiger partial charge on any atom is 0.190 e. The second-order valence-corrected chi connectivity index (χ2v) is 7.04. The number of hydrogen-bond acceptors (Lipinski definition) is 3. The number of thioether (sulfide) groups is 1. The third-order valence-electron chi connectivity index (χ3n) is 2.31. The average molecular weight is 228 g/mol. The minimum absolute atomic E-state index is 0.218. The molecule has 1 saturated heterocycles. The topological polar surface area (TPSA) is 34.1 Å². The van der Waals surface area contributed by atoms with Crippen molar-refractivity contribution in [3.63, 3.8) is 0 Å². The van der Waals surface area contributed by atoms with E-state index in [9.17, 15) is 8.42 Å². The van der Waals surface area contributed by atoms with Gasteiger partial charge >= 0.3 is 0 Å². The molecule has 76 valence electrons. The molecule has 0 amide bonds. The molecule has 1 atom stereocenters. The first-order valence-corrected chi connectivity index (χ1v) is 7.21. The van der Waals surface area contributed by atoms with Gasteiger partial charge in [-0.3, -0.25) is 0 Å². The van der Waals surface area contributed by atoms with E-state index >= 15 is 0 Å². The van der Waals surface area contributed by atoms with E-state index in [0.29, 0.717) is 4.90 Å². The van der Waals surface area contributed by atoms with Crippen LogP contribution in [-0.2, 0) is 9.84 Å². The second kappa shape index (κ2) is 3.95. The van der Waals surface area contributed by atoms with Crippen LogP contribution in [0.1, 0.15) is 12.8 Å². The Morgan fingerprint density at radius 3 is 2.50 bits per heavy atom. The van der Waals surface area contributed by atoms with Crippen molar-refractivity contribution in [3.05, 3.63) is 30.3 Å². The first-order chi connectivity index (χ1) is 6.71. The lowest BCUT2D eigenvalue weighted by atomic mass is 10.4. The molecule has 1 aliphatic rings. The molecule has 0 aliphatic carbocycles. The van der Waals surface area contributed by atoms with Gasteiger partial charge in [0, 0.05) is 0 Å². The molecule has 2 rings (SSSR count). The summed E-state index contributed by atoms with van der Waals surface area (Å²) in [6, 6.07) is 8.72. The van der Waals surface area contributed by atoms with Gasteiger partial charge in [-0.25, -0.2) is 8.42 Å². The van der Waals surface area contributed by atoms with Gasteiger partial charge in [0.25, 0.3) is 0 Å². The van der Waals surface area contributed by atoms with Gasteiger partial charge in [0.05, 0.1) is 4.90 Å². The zero-order chi connectivity index (χ0) is 10.0. The van der Waals surface area contributed by atoms with Crippen LogP contribution in [0.5, 0.6) is 0 Å². The molecule has 0 spiro atoms. The van der Waals surface area contributed by atoms with Crippen LogP contribution >= 0.6 is 11.8 Å². The van der Waals surface area contributed by atoms with Crippen LogP contribution in [-0.4, -0.2) is 18.8 Å². The molecule has 1 fully saturated rings. The Morgan fingerprint density at radius 1 is 1.21 bits per heavy atom. The van der Waals surface area contributed by atoms with E-state index in [2.05, 4.69) is 0 Å². The highest BCUT2D eigenvalue weighted by atomic mass is 32.3. The van der Waals surface area contributed by atoms with E-state index in [1.165, 1.54) is 0 Å². The summed E-state index contributed by atoms with van der Waals surface area (Å²) in [6.45, 7) is 0. The Balaban J connectivity index is 2.33. The van der Waals surface area contributed by atoms with Crippen LogP contribution in [0.4, 0.5) is 0 Å². The normalized spacial score (nSPS) is 22.4. The molecule has 4 heteroatoms. The molecule has 2 nitrogen and oxygen atoms in total. The molecule has 14 heavy (non-hydrogen) atoms. The third-order valence-corrected chi connectivity index (χ3v) is 6.46. The van der Waals surface area contributed by atoms with Gasteiger partial charge in [0.1, 0.15) is 4.58 Å². The predicted octanol–water partition coefficient (Wildman–Crippen LogP) is 2.31. The Labute approximate surface area is 88.6 Å². The van der Waals surface area contributed by atoms with Crippen LogP contribution < -0.4 is 0 Å². The molecule has 0 saturated carbocycles. The minimum atomic E-state index is -3.08. The van der Waals surface area contributed by atoms with E-state index in [4.69, 9.17) is 0 Å². The zero-order valence-electron chi connectivity index (χ0n) is 7.72. The van der Waals surface area contributed by atoms with Crippen LogP contribution in [0.15, 0.2) is 35.2 Å². The molecular formula is C10H12O2S2. The van der Waals surface area contributed by atoms with Crippen LogP contribution in [0.3, 0.4) is 0 Å². The Hall–Kier alpha value is -0.480. The Kier molecular flexibility index (Phi) is 2.83. The van der Waals surface area contributed by atoms with Gasteiger partial charge in [0.15, 0.2) is 9.84 Å². The van der Waals surface area contributed by atoms with Gasteiger partial charge < -0.3 is 0 Å². The summed E-state index contributed by atoms with van der Waals surface area (Å²) in [7, 11) is -3.08. The zero-order valence-corrected chi connectivity index (χ0v) is 9.35. The molecular weight excluding hydrogens is 216 g/mol. The van der Waals surface area contributed by atoms with Crippen molar-refractivity contribution in [2.45, 2.75) is 22.3 Å². The summed E-state index contributed by atoms with van der Waals surface area (Å²) in [6.07, 6.45) is 1.81. The Morgan fingerprint density at radius 2 is 1.93 bits per heavy atom. The smallest absolute Gasteiger partial charge is 0.190 e. The SMILES string of the molecule is O=S(=O)(c1ccccc1)C1CCCS1. The fraction of sp³-hybridized carbons (Fsp3) is 0.400. The average Bonchev–Trinajstić information content (AvgIpc) is 2.72. The van der Waals surface area contributed by atoms with Crippen molar-refractivity contribution in [2.75, 3.05) is 5.75 Å². The lowest BCUT2D eigenvalue weighted by Gasteiger charge is -2.09. The van der Waals surface area contributed by atoms with Crippen molar-refractivity contribution in [2.24, 2.45) is 0 Å². The van der Waals surface area contributed by atoms with E-state index < -0.39 is 9.84 Å². The van der Waals surface area contributed by atoms with E-state index in [1.807, 2.05) is 6.07 Å². The largest absolute Gasteiger partial charge is 0.223 e. The summed E-state index contributed by atoms with van der Waals surface area (Å²) in [5.74, 6) is 0.969. The van der Waals surface area contributed by atoms with Gasteiger partial charge in [-0.2, -0.15) is 0 Å². The van der Waals surface area contributed by atoms with Gasteiger partial charge in [0.2, 0.25) is 0 Å². The molecule has 1 aliphatic heterocycles. The van der Waals surface area contributed by atoms with E-state index in [0.717, 1.165) is 18.6 Å². The monoisotopic (exact) mass is 228 g/mol. The standard InChI is InChI=1S/C10H12O2S2/c11-14(12,10-7-4-8-13-10)9-5-2-1-3-6-9/h1-3,5-6,10H,4,7-8H2. The van der Waals surface area contributed by atoms with Crippen molar-refractivity contribution in [1.29, 1.82) is 0 Å². The molecule has 1 aromatic carbocycles. The molecule has 0 radical (unpaired) electrons. The van der Waals surface area contributed by atoms with Crippen LogP contribution in [0.2, 0.25) is 0 Å². The van der Waals surface area contributed by atoms with Gasteiger partial charge in [-0.1, -0.05) is 18.2 Å². The molecule has 0 N–H and O–H groups in total. The number of benzene rings is 1. The van der Waals surface area contributed by atoms with Crippen molar-refractivity contribution in [1.82, 2.24) is 0 Å². The highest BCUT2D eigenvalue weighted by Crippen LogP contribution is 2.34. The lowest BCUT2D eigenvalue weighted by Crippen LogP contribution is -2.14. The number of sulfone groups is 1. The van der Waals surface area contributed by atoms with Gasteiger partial charge in [-0.05, 0) is 30.7 Å². The van der Waals surface area contributed by atoms with E-state index in [-0.39, 0.29) is 4.58 Å².